The van der Waals surface area contributed by atoms with Crippen LogP contribution in [0, 0.1) is 0 Å². The van der Waals surface area contributed by atoms with E-state index in [0.717, 1.165) is 23.4 Å². The smallest absolute Gasteiger partial charge is 0.226 e. The molecule has 0 saturated carbocycles. The number of hydrogen-bond acceptors (Lipinski definition) is 2. The van der Waals surface area contributed by atoms with E-state index in [1.54, 1.807) is 0 Å². The van der Waals surface area contributed by atoms with Gasteiger partial charge in [-0.25, -0.2) is 0 Å². The second-order valence-electron chi connectivity index (χ2n) is 4.60. The standard InChI is InChI=1S/C17H20N2O/c1-2-14-8-6-7-11-16(14)19-17(20)12-13-18-15-9-4-3-5-10-15/h3-11,18H,2,12-13H2,1H3,(H,19,20). The molecule has 1 amide bonds. The number of carbonyl (C=O) groups is 1. The van der Waals surface area contributed by atoms with Gasteiger partial charge in [-0.05, 0) is 30.2 Å². The van der Waals surface area contributed by atoms with E-state index < -0.39 is 0 Å². The van der Waals surface area contributed by atoms with E-state index in [1.165, 1.54) is 0 Å². The fourth-order valence-corrected chi connectivity index (χ4v) is 2.04. The molecular weight excluding hydrogens is 248 g/mol. The fourth-order valence-electron chi connectivity index (χ4n) is 2.04. The second kappa shape index (κ2) is 7.34. The van der Waals surface area contributed by atoms with Crippen molar-refractivity contribution in [3.05, 3.63) is 60.2 Å². The zero-order chi connectivity index (χ0) is 14.2. The van der Waals surface area contributed by atoms with Crippen molar-refractivity contribution >= 4 is 17.3 Å². The third-order valence-corrected chi connectivity index (χ3v) is 3.13. The molecule has 3 nitrogen and oxygen atoms in total. The first kappa shape index (κ1) is 14.1. The second-order valence-corrected chi connectivity index (χ2v) is 4.60. The van der Waals surface area contributed by atoms with Gasteiger partial charge in [-0.3, -0.25) is 4.79 Å². The summed E-state index contributed by atoms with van der Waals surface area (Å²) in [6.45, 7) is 2.71. The predicted octanol–water partition coefficient (Wildman–Crippen LogP) is 3.69. The van der Waals surface area contributed by atoms with Crippen molar-refractivity contribution in [1.82, 2.24) is 0 Å². The molecule has 20 heavy (non-hydrogen) atoms. The van der Waals surface area contributed by atoms with E-state index >= 15 is 0 Å². The number of carbonyl (C=O) groups excluding carboxylic acids is 1. The van der Waals surface area contributed by atoms with Gasteiger partial charge < -0.3 is 10.6 Å². The summed E-state index contributed by atoms with van der Waals surface area (Å²) in [6, 6.07) is 17.8. The highest BCUT2D eigenvalue weighted by Crippen LogP contribution is 2.15. The van der Waals surface area contributed by atoms with Crippen molar-refractivity contribution in [3.63, 3.8) is 0 Å². The highest BCUT2D eigenvalue weighted by molar-refractivity contribution is 5.91. The van der Waals surface area contributed by atoms with Crippen molar-refractivity contribution < 1.29 is 4.79 Å². The van der Waals surface area contributed by atoms with Crippen molar-refractivity contribution in [2.75, 3.05) is 17.2 Å². The Balaban J connectivity index is 1.81. The van der Waals surface area contributed by atoms with Crippen molar-refractivity contribution in [3.8, 4) is 0 Å². The lowest BCUT2D eigenvalue weighted by molar-refractivity contribution is -0.115. The van der Waals surface area contributed by atoms with Crippen LogP contribution in [0.1, 0.15) is 18.9 Å². The zero-order valence-corrected chi connectivity index (χ0v) is 11.7. The number of para-hydroxylation sites is 2. The van der Waals surface area contributed by atoms with Gasteiger partial charge in [0.2, 0.25) is 5.91 Å². The van der Waals surface area contributed by atoms with Gasteiger partial charge >= 0.3 is 0 Å². The number of rotatable bonds is 6. The van der Waals surface area contributed by atoms with Crippen molar-refractivity contribution in [2.24, 2.45) is 0 Å². The Morgan fingerprint density at radius 3 is 2.45 bits per heavy atom. The van der Waals surface area contributed by atoms with Gasteiger partial charge in [0, 0.05) is 24.3 Å². The molecule has 0 aromatic heterocycles. The summed E-state index contributed by atoms with van der Waals surface area (Å²) in [6.07, 6.45) is 1.37. The minimum Gasteiger partial charge on any atom is -0.385 e. The number of benzene rings is 2. The van der Waals surface area contributed by atoms with Gasteiger partial charge in [0.25, 0.3) is 0 Å². The Hall–Kier alpha value is -2.29. The molecular formula is C17H20N2O. The van der Waals surface area contributed by atoms with Crippen LogP contribution in [-0.4, -0.2) is 12.5 Å². The molecule has 2 aromatic carbocycles. The minimum atomic E-state index is 0.0364. The molecule has 2 aromatic rings. The Labute approximate surface area is 120 Å². The molecule has 0 spiro atoms. The van der Waals surface area contributed by atoms with Crippen LogP contribution in [0.2, 0.25) is 0 Å². The van der Waals surface area contributed by atoms with Crippen LogP contribution in [0.4, 0.5) is 11.4 Å². The zero-order valence-electron chi connectivity index (χ0n) is 11.7. The lowest BCUT2D eigenvalue weighted by Gasteiger charge is -2.10. The Kier molecular flexibility index (Phi) is 5.18. The van der Waals surface area contributed by atoms with Gasteiger partial charge in [0.15, 0.2) is 0 Å². The summed E-state index contributed by atoms with van der Waals surface area (Å²) >= 11 is 0. The summed E-state index contributed by atoms with van der Waals surface area (Å²) < 4.78 is 0. The lowest BCUT2D eigenvalue weighted by Crippen LogP contribution is -2.17. The molecule has 0 atom stereocenters. The molecule has 0 bridgehead atoms. The molecule has 0 fully saturated rings. The van der Waals surface area contributed by atoms with Crippen LogP contribution in [0.15, 0.2) is 54.6 Å². The van der Waals surface area contributed by atoms with Gasteiger partial charge in [0.1, 0.15) is 0 Å². The molecule has 0 saturated heterocycles. The summed E-state index contributed by atoms with van der Waals surface area (Å²) in [4.78, 5) is 11.9. The third-order valence-electron chi connectivity index (χ3n) is 3.13. The average molecular weight is 268 g/mol. The minimum absolute atomic E-state index is 0.0364. The van der Waals surface area contributed by atoms with Crippen LogP contribution in [0.3, 0.4) is 0 Å². The molecule has 0 radical (unpaired) electrons. The molecule has 0 aliphatic carbocycles. The molecule has 2 N–H and O–H groups in total. The Morgan fingerprint density at radius 1 is 1.00 bits per heavy atom. The SMILES string of the molecule is CCc1ccccc1NC(=O)CCNc1ccccc1. The number of nitrogens with one attached hydrogen (secondary N) is 2. The van der Waals surface area contributed by atoms with E-state index in [9.17, 15) is 4.79 Å². The monoisotopic (exact) mass is 268 g/mol. The number of aryl methyl sites for hydroxylation is 1. The fraction of sp³-hybridized carbons (Fsp3) is 0.235. The van der Waals surface area contributed by atoms with Crippen LogP contribution in [0.25, 0.3) is 0 Å². The van der Waals surface area contributed by atoms with Gasteiger partial charge in [-0.2, -0.15) is 0 Å². The van der Waals surface area contributed by atoms with Crippen LogP contribution in [-0.2, 0) is 11.2 Å². The molecule has 0 unspecified atom stereocenters. The first-order valence-corrected chi connectivity index (χ1v) is 6.96. The number of hydrogen-bond donors (Lipinski definition) is 2. The van der Waals surface area contributed by atoms with Crippen LogP contribution in [0.5, 0.6) is 0 Å². The summed E-state index contributed by atoms with van der Waals surface area (Å²) in [5.74, 6) is 0.0364. The molecule has 0 aliphatic rings. The molecule has 0 aliphatic heterocycles. The average Bonchev–Trinajstić information content (AvgIpc) is 2.49. The van der Waals surface area contributed by atoms with E-state index in [2.05, 4.69) is 17.6 Å². The predicted molar refractivity (Wildman–Crippen MR) is 84.0 cm³/mol. The van der Waals surface area contributed by atoms with Crippen molar-refractivity contribution in [2.45, 2.75) is 19.8 Å². The number of anilines is 2. The molecule has 2 rings (SSSR count). The number of amides is 1. The summed E-state index contributed by atoms with van der Waals surface area (Å²) in [5, 5.41) is 6.20. The maximum absolute atomic E-state index is 11.9. The summed E-state index contributed by atoms with van der Waals surface area (Å²) in [7, 11) is 0. The Bertz CT molecular complexity index is 552. The van der Waals surface area contributed by atoms with E-state index in [4.69, 9.17) is 0 Å². The third kappa shape index (κ3) is 4.12. The van der Waals surface area contributed by atoms with E-state index in [0.29, 0.717) is 13.0 Å². The largest absolute Gasteiger partial charge is 0.385 e. The van der Waals surface area contributed by atoms with Gasteiger partial charge in [-0.15, -0.1) is 0 Å². The van der Waals surface area contributed by atoms with Crippen LogP contribution >= 0.6 is 0 Å². The van der Waals surface area contributed by atoms with Crippen molar-refractivity contribution in [1.29, 1.82) is 0 Å². The maximum atomic E-state index is 11.9. The van der Waals surface area contributed by atoms with E-state index in [1.807, 2.05) is 54.6 Å². The lowest BCUT2D eigenvalue weighted by atomic mass is 10.1. The maximum Gasteiger partial charge on any atom is 0.226 e. The normalized spacial score (nSPS) is 10.1. The highest BCUT2D eigenvalue weighted by atomic mass is 16.1. The topological polar surface area (TPSA) is 41.1 Å². The van der Waals surface area contributed by atoms with E-state index in [-0.39, 0.29) is 5.91 Å². The molecule has 3 heteroatoms. The first-order chi connectivity index (χ1) is 9.79. The Morgan fingerprint density at radius 2 is 1.70 bits per heavy atom. The van der Waals surface area contributed by atoms with Crippen LogP contribution < -0.4 is 10.6 Å². The van der Waals surface area contributed by atoms with Gasteiger partial charge in [-0.1, -0.05) is 43.3 Å². The quantitative estimate of drug-likeness (QED) is 0.839. The first-order valence-electron chi connectivity index (χ1n) is 6.96. The molecule has 104 valence electrons. The summed E-state index contributed by atoms with van der Waals surface area (Å²) in [5.41, 5.74) is 3.12. The highest BCUT2D eigenvalue weighted by Gasteiger charge is 2.05. The van der Waals surface area contributed by atoms with Gasteiger partial charge in [0.05, 0.1) is 0 Å². The molecule has 0 heterocycles.